The highest BCUT2D eigenvalue weighted by atomic mass is 16.6. The van der Waals surface area contributed by atoms with E-state index in [1.54, 1.807) is 18.2 Å². The van der Waals surface area contributed by atoms with Gasteiger partial charge < -0.3 is 15.7 Å². The van der Waals surface area contributed by atoms with Gasteiger partial charge >= 0.3 is 0 Å². The normalized spacial score (nSPS) is 21.7. The number of benzene rings is 1. The number of guanidine groups is 1. The molecule has 0 heterocycles. The van der Waals surface area contributed by atoms with Crippen LogP contribution in [0, 0.1) is 10.1 Å². The lowest BCUT2D eigenvalue weighted by atomic mass is 9.93. The van der Waals surface area contributed by atoms with E-state index in [0.29, 0.717) is 11.5 Å². The van der Waals surface area contributed by atoms with Crippen molar-refractivity contribution < 1.29 is 10.0 Å². The number of aliphatic imine (C=N–C) groups is 1. The third-order valence-electron chi connectivity index (χ3n) is 3.98. The minimum atomic E-state index is -0.381. The van der Waals surface area contributed by atoms with Gasteiger partial charge in [0.15, 0.2) is 5.96 Å². The fraction of sp³-hybridized carbons (Fsp3) is 0.562. The monoisotopic (exact) mass is 320 g/mol. The highest BCUT2D eigenvalue weighted by Gasteiger charge is 2.20. The van der Waals surface area contributed by atoms with Crippen LogP contribution in [0.2, 0.25) is 0 Å². The van der Waals surface area contributed by atoms with Crippen molar-refractivity contribution in [1.29, 1.82) is 0 Å². The minimum Gasteiger partial charge on any atom is -0.393 e. The summed E-state index contributed by atoms with van der Waals surface area (Å²) in [5.74, 6) is 0.659. The summed E-state index contributed by atoms with van der Waals surface area (Å²) in [7, 11) is 0. The fourth-order valence-electron chi connectivity index (χ4n) is 2.72. The second kappa shape index (κ2) is 8.47. The first-order valence-corrected chi connectivity index (χ1v) is 8.05. The van der Waals surface area contributed by atoms with Crippen molar-refractivity contribution in [2.75, 3.05) is 6.54 Å². The Kier molecular flexibility index (Phi) is 6.34. The first kappa shape index (κ1) is 17.2. The van der Waals surface area contributed by atoms with E-state index in [1.165, 1.54) is 6.07 Å². The Bertz CT molecular complexity index is 554. The molecule has 7 heteroatoms. The molecule has 1 fully saturated rings. The van der Waals surface area contributed by atoms with Crippen molar-refractivity contribution in [3.8, 4) is 0 Å². The van der Waals surface area contributed by atoms with E-state index in [2.05, 4.69) is 15.6 Å². The van der Waals surface area contributed by atoms with E-state index in [1.807, 2.05) is 6.92 Å². The summed E-state index contributed by atoms with van der Waals surface area (Å²) >= 11 is 0. The first-order valence-electron chi connectivity index (χ1n) is 8.05. The number of para-hydroxylation sites is 1. The first-order chi connectivity index (χ1) is 11.1. The van der Waals surface area contributed by atoms with Crippen LogP contribution < -0.4 is 10.6 Å². The number of aliphatic hydroxyl groups is 1. The van der Waals surface area contributed by atoms with Crippen LogP contribution in [0.3, 0.4) is 0 Å². The maximum atomic E-state index is 11.0. The third kappa shape index (κ3) is 5.21. The highest BCUT2D eigenvalue weighted by molar-refractivity contribution is 5.80. The molecule has 23 heavy (non-hydrogen) atoms. The quantitative estimate of drug-likeness (QED) is 0.333. The number of hydrogen-bond acceptors (Lipinski definition) is 4. The van der Waals surface area contributed by atoms with E-state index in [0.717, 1.165) is 32.2 Å². The molecule has 1 aliphatic rings. The Morgan fingerprint density at radius 1 is 1.35 bits per heavy atom. The lowest BCUT2D eigenvalue weighted by Crippen LogP contribution is -2.45. The van der Waals surface area contributed by atoms with Gasteiger partial charge in [0, 0.05) is 18.7 Å². The number of aliphatic hydroxyl groups excluding tert-OH is 1. The Morgan fingerprint density at radius 3 is 2.70 bits per heavy atom. The van der Waals surface area contributed by atoms with E-state index in [9.17, 15) is 15.2 Å². The number of rotatable bonds is 5. The largest absolute Gasteiger partial charge is 0.393 e. The van der Waals surface area contributed by atoms with Gasteiger partial charge in [0.05, 0.1) is 23.1 Å². The van der Waals surface area contributed by atoms with E-state index < -0.39 is 0 Å². The summed E-state index contributed by atoms with van der Waals surface area (Å²) in [6.45, 7) is 2.95. The molecule has 1 saturated carbocycles. The minimum absolute atomic E-state index is 0.0906. The number of nitrogens with zero attached hydrogens (tertiary/aromatic N) is 2. The average molecular weight is 320 g/mol. The van der Waals surface area contributed by atoms with Gasteiger partial charge in [-0.2, -0.15) is 0 Å². The second-order valence-corrected chi connectivity index (χ2v) is 5.73. The highest BCUT2D eigenvalue weighted by Crippen LogP contribution is 2.19. The molecule has 0 aromatic heterocycles. The van der Waals surface area contributed by atoms with Gasteiger partial charge in [-0.25, -0.2) is 4.99 Å². The Balaban J connectivity index is 2.02. The molecular weight excluding hydrogens is 296 g/mol. The molecule has 0 radical (unpaired) electrons. The molecule has 3 N–H and O–H groups in total. The number of nitro groups is 1. The molecule has 1 aromatic rings. The lowest BCUT2D eigenvalue weighted by Gasteiger charge is -2.27. The summed E-state index contributed by atoms with van der Waals surface area (Å²) in [5, 5.41) is 27.1. The molecular formula is C16H24N4O3. The zero-order valence-electron chi connectivity index (χ0n) is 13.4. The predicted molar refractivity (Wildman–Crippen MR) is 89.3 cm³/mol. The molecule has 0 saturated heterocycles. The summed E-state index contributed by atoms with van der Waals surface area (Å²) in [6.07, 6.45) is 3.19. The van der Waals surface area contributed by atoms with Crippen LogP contribution in [0.25, 0.3) is 0 Å². The van der Waals surface area contributed by atoms with Gasteiger partial charge in [-0.15, -0.1) is 0 Å². The van der Waals surface area contributed by atoms with Crippen molar-refractivity contribution in [2.45, 2.75) is 51.3 Å². The molecule has 1 aliphatic carbocycles. The van der Waals surface area contributed by atoms with Crippen molar-refractivity contribution in [1.82, 2.24) is 10.6 Å². The Hall–Kier alpha value is -2.15. The van der Waals surface area contributed by atoms with Crippen LogP contribution in [0.4, 0.5) is 5.69 Å². The van der Waals surface area contributed by atoms with Crippen LogP contribution in [-0.2, 0) is 6.54 Å². The molecule has 1 aromatic carbocycles. The summed E-state index contributed by atoms with van der Waals surface area (Å²) in [6, 6.07) is 6.93. The molecule has 0 aliphatic heterocycles. The molecule has 7 nitrogen and oxygen atoms in total. The van der Waals surface area contributed by atoms with Gasteiger partial charge in [0.1, 0.15) is 0 Å². The number of nitrogens with one attached hydrogen (secondary N) is 2. The van der Waals surface area contributed by atoms with Gasteiger partial charge in [0.2, 0.25) is 0 Å². The van der Waals surface area contributed by atoms with E-state index in [-0.39, 0.29) is 29.3 Å². The predicted octanol–water partition coefficient (Wildman–Crippen LogP) is 1.95. The SMILES string of the molecule is CCNC(=NCc1ccccc1[N+](=O)[O-])NC1CCC(O)CC1. The standard InChI is InChI=1S/C16H24N4O3/c1-2-17-16(19-13-7-9-14(21)10-8-13)18-11-12-5-3-4-6-15(12)20(22)23/h3-6,13-14,21H,2,7-11H2,1H3,(H2,17,18,19). The zero-order chi connectivity index (χ0) is 16.7. The van der Waals surface area contributed by atoms with Gasteiger partial charge in [-0.05, 0) is 32.6 Å². The van der Waals surface area contributed by atoms with Gasteiger partial charge in [-0.3, -0.25) is 10.1 Å². The van der Waals surface area contributed by atoms with Crippen molar-refractivity contribution in [2.24, 2.45) is 4.99 Å². The fourth-order valence-corrected chi connectivity index (χ4v) is 2.72. The van der Waals surface area contributed by atoms with Crippen LogP contribution in [0.1, 0.15) is 38.2 Å². The molecule has 0 bridgehead atoms. The van der Waals surface area contributed by atoms with Crippen LogP contribution in [0.15, 0.2) is 29.3 Å². The maximum Gasteiger partial charge on any atom is 0.274 e. The topological polar surface area (TPSA) is 99.8 Å². The van der Waals surface area contributed by atoms with Crippen molar-refractivity contribution in [3.05, 3.63) is 39.9 Å². The third-order valence-corrected chi connectivity index (χ3v) is 3.98. The molecule has 0 spiro atoms. The molecule has 0 unspecified atom stereocenters. The smallest absolute Gasteiger partial charge is 0.274 e. The number of hydrogen-bond donors (Lipinski definition) is 3. The molecule has 2 rings (SSSR count). The van der Waals surface area contributed by atoms with Crippen molar-refractivity contribution in [3.63, 3.8) is 0 Å². The van der Waals surface area contributed by atoms with Gasteiger partial charge in [0.25, 0.3) is 5.69 Å². The van der Waals surface area contributed by atoms with Gasteiger partial charge in [-0.1, -0.05) is 18.2 Å². The van der Waals surface area contributed by atoms with Crippen molar-refractivity contribution >= 4 is 11.6 Å². The maximum absolute atomic E-state index is 11.0. The number of nitro benzene ring substituents is 1. The van der Waals surface area contributed by atoms with Crippen LogP contribution in [0.5, 0.6) is 0 Å². The zero-order valence-corrected chi connectivity index (χ0v) is 13.4. The second-order valence-electron chi connectivity index (χ2n) is 5.73. The summed E-state index contributed by atoms with van der Waals surface area (Å²) in [5.41, 5.74) is 0.682. The van der Waals surface area contributed by atoms with E-state index in [4.69, 9.17) is 0 Å². The molecule has 0 amide bonds. The summed E-state index contributed by atoms with van der Waals surface area (Å²) in [4.78, 5) is 15.1. The average Bonchev–Trinajstić information content (AvgIpc) is 2.55. The Morgan fingerprint density at radius 2 is 2.04 bits per heavy atom. The molecule has 126 valence electrons. The Labute approximate surface area is 136 Å². The lowest BCUT2D eigenvalue weighted by molar-refractivity contribution is -0.385. The molecule has 0 atom stereocenters. The summed E-state index contributed by atoms with van der Waals surface area (Å²) < 4.78 is 0. The van der Waals surface area contributed by atoms with E-state index >= 15 is 0 Å². The van der Waals surface area contributed by atoms with Crippen LogP contribution >= 0.6 is 0 Å². The van der Waals surface area contributed by atoms with Crippen LogP contribution in [-0.4, -0.2) is 34.7 Å².